The molecule has 0 spiro atoms. The molecule has 21 heavy (non-hydrogen) atoms. The van der Waals surface area contributed by atoms with E-state index < -0.39 is 18.3 Å². The molecule has 1 saturated heterocycles. The predicted molar refractivity (Wildman–Crippen MR) is 79.0 cm³/mol. The third kappa shape index (κ3) is 2.70. The Labute approximate surface area is 125 Å². The third-order valence-corrected chi connectivity index (χ3v) is 4.32. The molecule has 2 aliphatic rings. The maximum absolute atomic E-state index is 11.0. The van der Waals surface area contributed by atoms with E-state index in [0.717, 1.165) is 19.1 Å². The van der Waals surface area contributed by atoms with Crippen LogP contribution in [-0.2, 0) is 9.31 Å². The van der Waals surface area contributed by atoms with Crippen molar-refractivity contribution in [2.75, 3.05) is 0 Å². The van der Waals surface area contributed by atoms with Gasteiger partial charge in [-0.2, -0.15) is 0 Å². The van der Waals surface area contributed by atoms with Crippen molar-refractivity contribution < 1.29 is 18.8 Å². The molecule has 1 aliphatic carbocycles. The molecule has 1 aromatic rings. The normalized spacial score (nSPS) is 23.1. The molecule has 0 bridgehead atoms. The van der Waals surface area contributed by atoms with E-state index >= 15 is 0 Å². The number of carbonyl (C=O) groups excluding carboxylic acids is 1. The Balaban J connectivity index is 1.94. The Hall–Kier alpha value is -1.40. The molecular weight excluding hydrogens is 269 g/mol. The zero-order chi connectivity index (χ0) is 15.3. The SMILES string of the molecule is CC1(C)OB(c2nc(C=O)ccc2OC2CC2)OC1(C)C. The molecular formula is C15H20BNO4. The van der Waals surface area contributed by atoms with Gasteiger partial charge in [-0.1, -0.05) is 0 Å². The monoisotopic (exact) mass is 289 g/mol. The van der Waals surface area contributed by atoms with Gasteiger partial charge in [-0.25, -0.2) is 0 Å². The Morgan fingerprint density at radius 1 is 1.24 bits per heavy atom. The smallest absolute Gasteiger partial charge is 0.489 e. The second kappa shape index (κ2) is 4.82. The molecule has 0 amide bonds. The third-order valence-electron chi connectivity index (χ3n) is 4.32. The lowest BCUT2D eigenvalue weighted by molar-refractivity contribution is 0.00578. The van der Waals surface area contributed by atoms with Gasteiger partial charge in [0.1, 0.15) is 17.0 Å². The van der Waals surface area contributed by atoms with E-state index in [2.05, 4.69) is 4.98 Å². The van der Waals surface area contributed by atoms with Crippen LogP contribution in [0.25, 0.3) is 0 Å². The number of aromatic nitrogens is 1. The Bertz CT molecular complexity index is 553. The van der Waals surface area contributed by atoms with E-state index in [1.807, 2.05) is 27.7 Å². The molecule has 1 aliphatic heterocycles. The van der Waals surface area contributed by atoms with Crippen molar-refractivity contribution in [2.24, 2.45) is 0 Å². The highest BCUT2D eigenvalue weighted by Gasteiger charge is 2.53. The molecule has 2 heterocycles. The number of aldehydes is 1. The molecule has 5 nitrogen and oxygen atoms in total. The highest BCUT2D eigenvalue weighted by Crippen LogP contribution is 2.37. The van der Waals surface area contributed by atoms with Crippen LogP contribution >= 0.6 is 0 Å². The number of carbonyl (C=O) groups is 1. The number of hydrogen-bond acceptors (Lipinski definition) is 5. The Morgan fingerprint density at radius 3 is 2.38 bits per heavy atom. The quantitative estimate of drug-likeness (QED) is 0.624. The van der Waals surface area contributed by atoms with Crippen LogP contribution in [0.4, 0.5) is 0 Å². The molecule has 0 N–H and O–H groups in total. The number of hydrogen-bond donors (Lipinski definition) is 0. The average molecular weight is 289 g/mol. The van der Waals surface area contributed by atoms with Crippen molar-refractivity contribution in [1.82, 2.24) is 4.98 Å². The summed E-state index contributed by atoms with van der Waals surface area (Å²) in [5.41, 5.74) is -0.00572. The van der Waals surface area contributed by atoms with Gasteiger partial charge in [0, 0.05) is 0 Å². The summed E-state index contributed by atoms with van der Waals surface area (Å²) in [6, 6.07) is 3.43. The maximum atomic E-state index is 11.0. The van der Waals surface area contributed by atoms with Crippen LogP contribution < -0.4 is 10.3 Å². The van der Waals surface area contributed by atoms with Crippen LogP contribution in [-0.4, -0.2) is 35.7 Å². The summed E-state index contributed by atoms with van der Waals surface area (Å²) in [7, 11) is -0.622. The second-order valence-electron chi connectivity index (χ2n) is 6.64. The van der Waals surface area contributed by atoms with Crippen molar-refractivity contribution in [2.45, 2.75) is 57.8 Å². The first-order chi connectivity index (χ1) is 9.82. The molecule has 1 saturated carbocycles. The standard InChI is InChI=1S/C15H20BNO4/c1-14(2)15(3,4)21-16(20-14)13-12(19-11-6-7-11)8-5-10(9-18)17-13/h5,8-9,11H,6-7H2,1-4H3. The van der Waals surface area contributed by atoms with Crippen molar-refractivity contribution in [3.8, 4) is 5.75 Å². The van der Waals surface area contributed by atoms with Crippen molar-refractivity contribution >= 4 is 19.0 Å². The van der Waals surface area contributed by atoms with Gasteiger partial charge in [0.25, 0.3) is 0 Å². The lowest BCUT2D eigenvalue weighted by Crippen LogP contribution is -2.41. The van der Waals surface area contributed by atoms with Gasteiger partial charge in [-0.05, 0) is 52.7 Å². The van der Waals surface area contributed by atoms with Gasteiger partial charge >= 0.3 is 7.12 Å². The summed E-state index contributed by atoms with van der Waals surface area (Å²) in [6.07, 6.45) is 3.07. The molecule has 1 aromatic heterocycles. The summed E-state index contributed by atoms with van der Waals surface area (Å²) in [5, 5.41) is 0. The van der Waals surface area contributed by atoms with Crippen LogP contribution in [0.2, 0.25) is 0 Å². The number of rotatable bonds is 4. The van der Waals surface area contributed by atoms with Crippen LogP contribution in [0.15, 0.2) is 12.1 Å². The second-order valence-corrected chi connectivity index (χ2v) is 6.64. The van der Waals surface area contributed by atoms with Gasteiger partial charge in [0.2, 0.25) is 0 Å². The molecule has 2 fully saturated rings. The summed E-state index contributed by atoms with van der Waals surface area (Å²) in [6.45, 7) is 7.94. The minimum Gasteiger partial charge on any atom is -0.489 e. The van der Waals surface area contributed by atoms with Gasteiger partial charge in [0.05, 0.1) is 17.3 Å². The first kappa shape index (κ1) is 14.5. The van der Waals surface area contributed by atoms with E-state index in [1.165, 1.54) is 0 Å². The topological polar surface area (TPSA) is 57.7 Å². The van der Waals surface area contributed by atoms with Gasteiger partial charge < -0.3 is 14.0 Å². The molecule has 112 valence electrons. The molecule has 3 rings (SSSR count). The van der Waals surface area contributed by atoms with E-state index in [4.69, 9.17) is 14.0 Å². The van der Waals surface area contributed by atoms with Crippen LogP contribution in [0.1, 0.15) is 51.0 Å². The van der Waals surface area contributed by atoms with Gasteiger partial charge in [-0.3, -0.25) is 9.78 Å². The minimum atomic E-state index is -0.622. The van der Waals surface area contributed by atoms with E-state index in [-0.39, 0.29) is 6.10 Å². The highest BCUT2D eigenvalue weighted by molar-refractivity contribution is 6.62. The number of pyridine rings is 1. The summed E-state index contributed by atoms with van der Waals surface area (Å²) >= 11 is 0. The Kier molecular flexibility index (Phi) is 3.33. The first-order valence-corrected chi connectivity index (χ1v) is 7.31. The molecule has 6 heteroatoms. The van der Waals surface area contributed by atoms with Gasteiger partial charge in [-0.15, -0.1) is 0 Å². The summed E-state index contributed by atoms with van der Waals surface area (Å²) < 4.78 is 17.9. The highest BCUT2D eigenvalue weighted by atomic mass is 16.7. The minimum absolute atomic E-state index is 0.245. The number of ether oxygens (including phenoxy) is 1. The fraction of sp³-hybridized carbons (Fsp3) is 0.600. The molecule has 0 radical (unpaired) electrons. The maximum Gasteiger partial charge on any atom is 0.518 e. The van der Waals surface area contributed by atoms with Crippen molar-refractivity contribution in [1.29, 1.82) is 0 Å². The zero-order valence-corrected chi connectivity index (χ0v) is 12.9. The summed E-state index contributed by atoms with van der Waals surface area (Å²) in [5.74, 6) is 0.640. The first-order valence-electron chi connectivity index (χ1n) is 7.31. The van der Waals surface area contributed by atoms with Crippen LogP contribution in [0.5, 0.6) is 5.75 Å². The van der Waals surface area contributed by atoms with E-state index in [1.54, 1.807) is 12.1 Å². The van der Waals surface area contributed by atoms with Crippen LogP contribution in [0.3, 0.4) is 0 Å². The average Bonchev–Trinajstić information content (AvgIpc) is 3.18. The van der Waals surface area contributed by atoms with E-state index in [9.17, 15) is 4.79 Å². The zero-order valence-electron chi connectivity index (χ0n) is 12.9. The number of nitrogens with zero attached hydrogens (tertiary/aromatic N) is 1. The predicted octanol–water partition coefficient (Wildman–Crippen LogP) is 1.73. The molecule has 0 atom stereocenters. The largest absolute Gasteiger partial charge is 0.518 e. The molecule has 0 aromatic carbocycles. The van der Waals surface area contributed by atoms with E-state index in [0.29, 0.717) is 17.0 Å². The fourth-order valence-corrected chi connectivity index (χ4v) is 2.13. The lowest BCUT2D eigenvalue weighted by Gasteiger charge is -2.32. The molecule has 0 unspecified atom stereocenters. The fourth-order valence-electron chi connectivity index (χ4n) is 2.13. The lowest BCUT2D eigenvalue weighted by atomic mass is 9.83. The van der Waals surface area contributed by atoms with Crippen LogP contribution in [0, 0.1) is 0 Å². The van der Waals surface area contributed by atoms with Crippen molar-refractivity contribution in [3.63, 3.8) is 0 Å². The summed E-state index contributed by atoms with van der Waals surface area (Å²) in [4.78, 5) is 15.3. The van der Waals surface area contributed by atoms with Crippen molar-refractivity contribution in [3.05, 3.63) is 17.8 Å². The Morgan fingerprint density at radius 2 is 1.86 bits per heavy atom. The van der Waals surface area contributed by atoms with Gasteiger partial charge in [0.15, 0.2) is 6.29 Å².